The fourth-order valence-corrected chi connectivity index (χ4v) is 2.63. The van der Waals surface area contributed by atoms with Gasteiger partial charge in [0.1, 0.15) is 0 Å². The van der Waals surface area contributed by atoms with Crippen LogP contribution >= 0.6 is 0 Å². The SMILES string of the molecule is CCCC(CC)NCc1ccccc1-c1ccccc1. The second kappa shape index (κ2) is 7.86. The van der Waals surface area contributed by atoms with E-state index in [0.29, 0.717) is 6.04 Å². The lowest BCUT2D eigenvalue weighted by atomic mass is 9.99. The molecule has 1 atom stereocenters. The van der Waals surface area contributed by atoms with Crippen LogP contribution < -0.4 is 5.32 Å². The molecule has 1 nitrogen and oxygen atoms in total. The topological polar surface area (TPSA) is 12.0 Å². The third-order valence-corrected chi connectivity index (χ3v) is 3.81. The van der Waals surface area contributed by atoms with Crippen molar-refractivity contribution in [2.75, 3.05) is 0 Å². The van der Waals surface area contributed by atoms with Gasteiger partial charge in [0.15, 0.2) is 0 Å². The molecule has 2 aromatic rings. The Hall–Kier alpha value is -1.60. The Morgan fingerprint density at radius 1 is 0.900 bits per heavy atom. The van der Waals surface area contributed by atoms with Gasteiger partial charge in [-0.3, -0.25) is 0 Å². The molecule has 1 unspecified atom stereocenters. The van der Waals surface area contributed by atoms with Crippen LogP contribution in [0, 0.1) is 0 Å². The molecule has 1 heteroatoms. The minimum absolute atomic E-state index is 0.629. The Kier molecular flexibility index (Phi) is 5.82. The summed E-state index contributed by atoms with van der Waals surface area (Å²) in [7, 11) is 0. The Morgan fingerprint density at radius 2 is 1.60 bits per heavy atom. The van der Waals surface area contributed by atoms with Crippen molar-refractivity contribution in [2.24, 2.45) is 0 Å². The van der Waals surface area contributed by atoms with Gasteiger partial charge in [-0.05, 0) is 29.5 Å². The molecule has 20 heavy (non-hydrogen) atoms. The van der Waals surface area contributed by atoms with Gasteiger partial charge in [-0.1, -0.05) is 74.9 Å². The van der Waals surface area contributed by atoms with Crippen LogP contribution in [-0.4, -0.2) is 6.04 Å². The molecule has 0 aromatic heterocycles. The van der Waals surface area contributed by atoms with E-state index in [1.165, 1.54) is 36.0 Å². The molecule has 0 spiro atoms. The lowest BCUT2D eigenvalue weighted by molar-refractivity contribution is 0.463. The van der Waals surface area contributed by atoms with Gasteiger partial charge < -0.3 is 5.32 Å². The van der Waals surface area contributed by atoms with Crippen LogP contribution in [0.4, 0.5) is 0 Å². The zero-order valence-electron chi connectivity index (χ0n) is 12.6. The monoisotopic (exact) mass is 267 g/mol. The van der Waals surface area contributed by atoms with Gasteiger partial charge in [0.2, 0.25) is 0 Å². The maximum Gasteiger partial charge on any atom is 0.0214 e. The fraction of sp³-hybridized carbons (Fsp3) is 0.368. The van der Waals surface area contributed by atoms with E-state index in [4.69, 9.17) is 0 Å². The summed E-state index contributed by atoms with van der Waals surface area (Å²) in [5.74, 6) is 0. The van der Waals surface area contributed by atoms with E-state index in [-0.39, 0.29) is 0 Å². The number of nitrogens with one attached hydrogen (secondary N) is 1. The predicted molar refractivity (Wildman–Crippen MR) is 87.7 cm³/mol. The summed E-state index contributed by atoms with van der Waals surface area (Å²) >= 11 is 0. The van der Waals surface area contributed by atoms with Gasteiger partial charge in [-0.25, -0.2) is 0 Å². The minimum Gasteiger partial charge on any atom is -0.310 e. The van der Waals surface area contributed by atoms with Crippen LogP contribution in [0.15, 0.2) is 54.6 Å². The molecule has 0 aliphatic rings. The summed E-state index contributed by atoms with van der Waals surface area (Å²) in [4.78, 5) is 0. The van der Waals surface area contributed by atoms with Crippen molar-refractivity contribution in [3.8, 4) is 11.1 Å². The number of hydrogen-bond acceptors (Lipinski definition) is 1. The number of benzene rings is 2. The van der Waals surface area contributed by atoms with Crippen molar-refractivity contribution >= 4 is 0 Å². The molecule has 2 aromatic carbocycles. The molecule has 1 N–H and O–H groups in total. The van der Waals surface area contributed by atoms with Crippen molar-refractivity contribution in [2.45, 2.75) is 45.7 Å². The molecule has 0 amide bonds. The molecule has 0 saturated heterocycles. The lowest BCUT2D eigenvalue weighted by Crippen LogP contribution is -2.27. The van der Waals surface area contributed by atoms with Gasteiger partial charge in [0.25, 0.3) is 0 Å². The lowest BCUT2D eigenvalue weighted by Gasteiger charge is -2.17. The molecule has 0 saturated carbocycles. The highest BCUT2D eigenvalue weighted by atomic mass is 14.9. The zero-order chi connectivity index (χ0) is 14.2. The normalized spacial score (nSPS) is 12.3. The van der Waals surface area contributed by atoms with Crippen molar-refractivity contribution in [1.29, 1.82) is 0 Å². The maximum absolute atomic E-state index is 3.70. The first kappa shape index (κ1) is 14.8. The highest BCUT2D eigenvalue weighted by Crippen LogP contribution is 2.23. The molecule has 2 rings (SSSR count). The van der Waals surface area contributed by atoms with E-state index in [0.717, 1.165) is 6.54 Å². The van der Waals surface area contributed by atoms with Crippen LogP contribution in [0.3, 0.4) is 0 Å². The maximum atomic E-state index is 3.70. The van der Waals surface area contributed by atoms with Crippen LogP contribution in [0.25, 0.3) is 11.1 Å². The van der Waals surface area contributed by atoms with Crippen LogP contribution in [-0.2, 0) is 6.54 Å². The Bertz CT molecular complexity index is 504. The van der Waals surface area contributed by atoms with E-state index in [2.05, 4.69) is 73.8 Å². The predicted octanol–water partition coefficient (Wildman–Crippen LogP) is 5.02. The second-order valence-electron chi connectivity index (χ2n) is 5.30. The minimum atomic E-state index is 0.629. The van der Waals surface area contributed by atoms with Crippen LogP contribution in [0.1, 0.15) is 38.7 Å². The van der Waals surface area contributed by atoms with E-state index >= 15 is 0 Å². The first-order valence-electron chi connectivity index (χ1n) is 7.71. The highest BCUT2D eigenvalue weighted by Gasteiger charge is 2.07. The highest BCUT2D eigenvalue weighted by molar-refractivity contribution is 5.67. The molecule has 0 aliphatic carbocycles. The first-order valence-corrected chi connectivity index (χ1v) is 7.71. The summed E-state index contributed by atoms with van der Waals surface area (Å²) in [5, 5.41) is 3.70. The van der Waals surface area contributed by atoms with Gasteiger partial charge >= 0.3 is 0 Å². The Labute approximate surface area is 123 Å². The fourth-order valence-electron chi connectivity index (χ4n) is 2.63. The molecule has 0 bridgehead atoms. The van der Waals surface area contributed by atoms with Crippen LogP contribution in [0.2, 0.25) is 0 Å². The third kappa shape index (κ3) is 3.94. The van der Waals surface area contributed by atoms with Crippen molar-refractivity contribution in [1.82, 2.24) is 5.32 Å². The van der Waals surface area contributed by atoms with Crippen molar-refractivity contribution < 1.29 is 0 Å². The summed E-state index contributed by atoms with van der Waals surface area (Å²) in [5.41, 5.74) is 4.02. The second-order valence-corrected chi connectivity index (χ2v) is 5.30. The smallest absolute Gasteiger partial charge is 0.0214 e. The quantitative estimate of drug-likeness (QED) is 0.742. The number of rotatable bonds is 7. The van der Waals surface area contributed by atoms with Crippen molar-refractivity contribution in [3.63, 3.8) is 0 Å². The molecule has 0 radical (unpaired) electrons. The molecule has 106 valence electrons. The van der Waals surface area contributed by atoms with Gasteiger partial charge in [-0.2, -0.15) is 0 Å². The molecule has 0 aliphatic heterocycles. The summed E-state index contributed by atoms with van der Waals surface area (Å²) < 4.78 is 0. The zero-order valence-corrected chi connectivity index (χ0v) is 12.6. The summed E-state index contributed by atoms with van der Waals surface area (Å²) in [6, 6.07) is 20.0. The average molecular weight is 267 g/mol. The van der Waals surface area contributed by atoms with E-state index in [9.17, 15) is 0 Å². The standard InChI is InChI=1S/C19H25N/c1-3-10-18(4-2)20-15-17-13-8-9-14-19(17)16-11-6-5-7-12-16/h5-9,11-14,18,20H,3-4,10,15H2,1-2H3. The molecule has 0 heterocycles. The number of hydrogen-bond donors (Lipinski definition) is 1. The van der Waals surface area contributed by atoms with E-state index < -0.39 is 0 Å². The molecular formula is C19H25N. The third-order valence-electron chi connectivity index (χ3n) is 3.81. The largest absolute Gasteiger partial charge is 0.310 e. The van der Waals surface area contributed by atoms with Gasteiger partial charge in [0.05, 0.1) is 0 Å². The Morgan fingerprint density at radius 3 is 2.30 bits per heavy atom. The Balaban J connectivity index is 2.12. The average Bonchev–Trinajstić information content (AvgIpc) is 2.52. The van der Waals surface area contributed by atoms with E-state index in [1.54, 1.807) is 0 Å². The first-order chi connectivity index (χ1) is 9.85. The van der Waals surface area contributed by atoms with E-state index in [1.807, 2.05) is 0 Å². The summed E-state index contributed by atoms with van der Waals surface area (Å²) in [6.07, 6.45) is 3.69. The summed E-state index contributed by atoms with van der Waals surface area (Å²) in [6.45, 7) is 5.46. The van der Waals surface area contributed by atoms with Crippen LogP contribution in [0.5, 0.6) is 0 Å². The molecular weight excluding hydrogens is 242 g/mol. The van der Waals surface area contributed by atoms with Gasteiger partial charge in [-0.15, -0.1) is 0 Å². The van der Waals surface area contributed by atoms with Crippen molar-refractivity contribution in [3.05, 3.63) is 60.2 Å². The molecule has 0 fully saturated rings. The van der Waals surface area contributed by atoms with Gasteiger partial charge in [0, 0.05) is 12.6 Å².